The minimum absolute atomic E-state index is 0.0752. The van der Waals surface area contributed by atoms with E-state index in [2.05, 4.69) is 22.9 Å². The van der Waals surface area contributed by atoms with Crippen molar-refractivity contribution in [3.63, 3.8) is 0 Å². The molecule has 1 unspecified atom stereocenters. The zero-order valence-corrected chi connectivity index (χ0v) is 19.9. The molecule has 1 amide bonds. The highest BCUT2D eigenvalue weighted by atomic mass is 19.1. The van der Waals surface area contributed by atoms with E-state index in [1.54, 1.807) is 25.1 Å². The molecular formula is C27H34FN3O2. The average Bonchev–Trinajstić information content (AvgIpc) is 2.80. The molecule has 5 nitrogen and oxygen atoms in total. The lowest BCUT2D eigenvalue weighted by atomic mass is 9.85. The number of aryl methyl sites for hydroxylation is 1. The summed E-state index contributed by atoms with van der Waals surface area (Å²) in [6, 6.07) is 8.90. The van der Waals surface area contributed by atoms with Crippen molar-refractivity contribution in [1.82, 2.24) is 10.6 Å². The van der Waals surface area contributed by atoms with Crippen LogP contribution in [0.15, 0.2) is 54.8 Å². The highest BCUT2D eigenvalue weighted by Gasteiger charge is 2.20. The molecule has 0 saturated carbocycles. The molecule has 6 heteroatoms. The lowest BCUT2D eigenvalue weighted by molar-refractivity contribution is 0.0923. The van der Waals surface area contributed by atoms with Gasteiger partial charge in [0, 0.05) is 31.3 Å². The summed E-state index contributed by atoms with van der Waals surface area (Å²) in [5, 5.41) is 5.98. The zero-order chi connectivity index (χ0) is 24.4. The lowest BCUT2D eigenvalue weighted by Crippen LogP contribution is -2.28. The molecule has 0 fully saturated rings. The highest BCUT2D eigenvalue weighted by Crippen LogP contribution is 2.35. The summed E-state index contributed by atoms with van der Waals surface area (Å²) < 4.78 is 19.2. The van der Waals surface area contributed by atoms with E-state index < -0.39 is 0 Å². The number of hydrogen-bond donors (Lipinski definition) is 3. The van der Waals surface area contributed by atoms with Crippen molar-refractivity contribution in [1.29, 1.82) is 0 Å². The van der Waals surface area contributed by atoms with Gasteiger partial charge in [0.15, 0.2) is 0 Å². The first-order chi connectivity index (χ1) is 15.8. The van der Waals surface area contributed by atoms with Crippen LogP contribution in [0.25, 0.3) is 5.57 Å². The van der Waals surface area contributed by atoms with E-state index >= 15 is 0 Å². The van der Waals surface area contributed by atoms with Gasteiger partial charge in [0.2, 0.25) is 0 Å². The lowest BCUT2D eigenvalue weighted by Gasteiger charge is -2.21. The molecule has 0 aromatic heterocycles. The molecule has 2 aromatic carbocycles. The van der Waals surface area contributed by atoms with Crippen molar-refractivity contribution < 1.29 is 13.9 Å². The number of nitrogen functional groups attached to an aromatic ring is 1. The van der Waals surface area contributed by atoms with Crippen molar-refractivity contribution >= 4 is 17.2 Å². The fourth-order valence-corrected chi connectivity index (χ4v) is 3.64. The second kappa shape index (κ2) is 12.8. The summed E-state index contributed by atoms with van der Waals surface area (Å²) in [6.45, 7) is 11.3. The highest BCUT2D eigenvalue weighted by molar-refractivity contribution is 6.01. The Labute approximate surface area is 196 Å². The number of allylic oxidation sites excluding steroid dienone is 3. The van der Waals surface area contributed by atoms with Gasteiger partial charge < -0.3 is 21.1 Å². The molecule has 0 aliphatic heterocycles. The number of nitrogens with two attached hydrogens (primary N) is 1. The molecule has 176 valence electrons. The average molecular weight is 452 g/mol. The summed E-state index contributed by atoms with van der Waals surface area (Å²) in [6.07, 6.45) is 3.65. The zero-order valence-electron chi connectivity index (χ0n) is 19.9. The topological polar surface area (TPSA) is 76.4 Å². The Bertz CT molecular complexity index is 1060. The van der Waals surface area contributed by atoms with Gasteiger partial charge >= 0.3 is 0 Å². The number of anilines is 1. The van der Waals surface area contributed by atoms with Gasteiger partial charge in [-0.15, -0.1) is 5.73 Å². The molecule has 0 saturated heterocycles. The van der Waals surface area contributed by atoms with Gasteiger partial charge in [0.05, 0.1) is 12.2 Å². The molecule has 0 bridgehead atoms. The van der Waals surface area contributed by atoms with Crippen molar-refractivity contribution in [3.05, 3.63) is 88.4 Å². The first-order valence-corrected chi connectivity index (χ1v) is 11.1. The predicted octanol–water partition coefficient (Wildman–Crippen LogP) is 4.73. The van der Waals surface area contributed by atoms with E-state index in [1.807, 2.05) is 39.1 Å². The van der Waals surface area contributed by atoms with Crippen LogP contribution >= 0.6 is 0 Å². The van der Waals surface area contributed by atoms with Crippen LogP contribution < -0.4 is 16.4 Å². The van der Waals surface area contributed by atoms with Crippen LogP contribution in [0.3, 0.4) is 0 Å². The Morgan fingerprint density at radius 2 is 2.09 bits per heavy atom. The number of rotatable bonds is 11. The van der Waals surface area contributed by atoms with Crippen molar-refractivity contribution in [2.24, 2.45) is 0 Å². The molecular weight excluding hydrogens is 417 g/mol. The van der Waals surface area contributed by atoms with Crippen LogP contribution in [0.5, 0.6) is 0 Å². The third kappa shape index (κ3) is 6.90. The van der Waals surface area contributed by atoms with Gasteiger partial charge in [-0.3, -0.25) is 4.79 Å². The Morgan fingerprint density at radius 1 is 1.33 bits per heavy atom. The summed E-state index contributed by atoms with van der Waals surface area (Å²) >= 11 is 0. The molecule has 0 radical (unpaired) electrons. The van der Waals surface area contributed by atoms with Gasteiger partial charge in [0.25, 0.3) is 5.91 Å². The summed E-state index contributed by atoms with van der Waals surface area (Å²) in [5.74, 6) is -0.568. The molecule has 0 aliphatic rings. The van der Waals surface area contributed by atoms with Gasteiger partial charge in [-0.25, -0.2) is 4.39 Å². The van der Waals surface area contributed by atoms with Crippen LogP contribution in [-0.4, -0.2) is 32.7 Å². The number of amides is 1. The van der Waals surface area contributed by atoms with Gasteiger partial charge in [-0.1, -0.05) is 31.7 Å². The largest absolute Gasteiger partial charge is 0.398 e. The van der Waals surface area contributed by atoms with E-state index in [9.17, 15) is 9.18 Å². The molecule has 0 spiro atoms. The third-order valence-electron chi connectivity index (χ3n) is 5.48. The molecule has 4 N–H and O–H groups in total. The smallest absolute Gasteiger partial charge is 0.253 e. The molecule has 2 aromatic rings. The quantitative estimate of drug-likeness (QED) is 0.200. The third-order valence-corrected chi connectivity index (χ3v) is 5.48. The van der Waals surface area contributed by atoms with Gasteiger partial charge in [-0.2, -0.15) is 0 Å². The molecule has 1 atom stereocenters. The monoisotopic (exact) mass is 451 g/mol. The normalized spacial score (nSPS) is 12.2. The van der Waals surface area contributed by atoms with Crippen molar-refractivity contribution in [2.75, 3.05) is 32.5 Å². The van der Waals surface area contributed by atoms with Crippen molar-refractivity contribution in [2.45, 2.75) is 33.2 Å². The van der Waals surface area contributed by atoms with Crippen LogP contribution in [0.1, 0.15) is 52.4 Å². The second-order valence-electron chi connectivity index (χ2n) is 7.80. The maximum atomic E-state index is 13.8. The second-order valence-corrected chi connectivity index (χ2v) is 7.80. The summed E-state index contributed by atoms with van der Waals surface area (Å²) in [7, 11) is 1.83. The maximum Gasteiger partial charge on any atom is 0.253 e. The number of halogens is 1. The fourth-order valence-electron chi connectivity index (χ4n) is 3.64. The number of hydrogen-bond acceptors (Lipinski definition) is 4. The predicted molar refractivity (Wildman–Crippen MR) is 134 cm³/mol. The molecule has 0 heterocycles. The number of benzene rings is 2. The standard InChI is InChI=1S/C27H34FN3O2/c1-6-8-9-23(19(4)20-10-11-25(28)18(3)14-20)21-15-22(17-30-5)26(29)24(16-21)27(32)31-12-13-33-7-2/h8-11,14-16,19,30H,1,7,12-13,17,29H2,2-5H3,(H,31,32)/b23-9+. The Hall–Kier alpha value is -3.18. The SMILES string of the molecule is C=C=C/C=C(/c1cc(CNC)c(N)c(C(=O)NCCOCC)c1)C(C)c1ccc(F)c(C)c1. The first kappa shape index (κ1) is 26.1. The fraction of sp³-hybridized carbons (Fsp3) is 0.333. The first-order valence-electron chi connectivity index (χ1n) is 11.1. The van der Waals surface area contributed by atoms with E-state index in [0.29, 0.717) is 43.1 Å². The van der Waals surface area contributed by atoms with Gasteiger partial charge in [0.1, 0.15) is 5.82 Å². The van der Waals surface area contributed by atoms with E-state index in [-0.39, 0.29) is 17.6 Å². The van der Waals surface area contributed by atoms with Crippen LogP contribution in [0.4, 0.5) is 10.1 Å². The molecule has 2 rings (SSSR count). The van der Waals surface area contributed by atoms with Crippen LogP contribution in [0, 0.1) is 12.7 Å². The number of ether oxygens (including phenoxy) is 1. The maximum absolute atomic E-state index is 13.8. The minimum atomic E-state index is -0.254. The Balaban J connectivity index is 2.55. The van der Waals surface area contributed by atoms with Crippen LogP contribution in [0.2, 0.25) is 0 Å². The Kier molecular flexibility index (Phi) is 10.1. The van der Waals surface area contributed by atoms with E-state index in [0.717, 1.165) is 22.3 Å². The van der Waals surface area contributed by atoms with Crippen LogP contribution in [-0.2, 0) is 11.3 Å². The van der Waals surface area contributed by atoms with Gasteiger partial charge in [-0.05, 0) is 73.0 Å². The summed E-state index contributed by atoms with van der Waals surface area (Å²) in [5.41, 5.74) is 14.2. The van der Waals surface area contributed by atoms with Crippen molar-refractivity contribution in [3.8, 4) is 0 Å². The van der Waals surface area contributed by atoms with E-state index in [4.69, 9.17) is 10.5 Å². The number of carbonyl (C=O) groups excluding carboxylic acids is 1. The number of carbonyl (C=O) groups is 1. The number of nitrogens with one attached hydrogen (secondary N) is 2. The van der Waals surface area contributed by atoms with E-state index in [1.165, 1.54) is 6.07 Å². The Morgan fingerprint density at radius 3 is 2.73 bits per heavy atom. The molecule has 33 heavy (non-hydrogen) atoms. The molecule has 0 aliphatic carbocycles. The summed E-state index contributed by atoms with van der Waals surface area (Å²) in [4.78, 5) is 12.9. The minimum Gasteiger partial charge on any atom is -0.398 e.